The Morgan fingerprint density at radius 2 is 1.60 bits per heavy atom. The first-order valence-corrected chi connectivity index (χ1v) is 10.4. The Morgan fingerprint density at radius 3 is 2.16 bits per heavy atom. The topological polar surface area (TPSA) is 20.3 Å². The van der Waals surface area contributed by atoms with Gasteiger partial charge in [0, 0.05) is 6.54 Å². The maximum Gasteiger partial charge on any atom is 0.233 e. The maximum absolute atomic E-state index is 14.3. The zero-order valence-corrected chi connectivity index (χ0v) is 15.0. The van der Waals surface area contributed by atoms with E-state index in [1.165, 1.54) is 68.5 Å². The number of hydrogen-bond acceptors (Lipinski definition) is 2. The molecule has 0 aromatic heterocycles. The Labute approximate surface area is 151 Å². The molecular formula is C20H23F2NOS. The lowest BCUT2D eigenvalue weighted by Gasteiger charge is -2.58. The smallest absolute Gasteiger partial charge is 0.233 e. The van der Waals surface area contributed by atoms with Gasteiger partial charge in [-0.1, -0.05) is 6.07 Å². The van der Waals surface area contributed by atoms with Crippen molar-refractivity contribution in [1.29, 1.82) is 0 Å². The number of benzene rings is 1. The number of carbonyl (C=O) groups is 1. The van der Waals surface area contributed by atoms with Crippen LogP contribution in [0.15, 0.2) is 18.2 Å². The normalized spacial score (nSPS) is 39.4. The highest BCUT2D eigenvalue weighted by atomic mass is 32.2. The van der Waals surface area contributed by atoms with Crippen molar-refractivity contribution in [2.75, 3.05) is 12.3 Å². The molecule has 0 radical (unpaired) electrons. The van der Waals surface area contributed by atoms with E-state index < -0.39 is 17.0 Å². The van der Waals surface area contributed by atoms with Crippen molar-refractivity contribution < 1.29 is 13.6 Å². The van der Waals surface area contributed by atoms with Crippen molar-refractivity contribution in [3.8, 4) is 0 Å². The molecule has 1 saturated heterocycles. The fourth-order valence-electron chi connectivity index (χ4n) is 6.46. The molecule has 2 nitrogen and oxygen atoms in total. The van der Waals surface area contributed by atoms with Crippen molar-refractivity contribution in [3.05, 3.63) is 35.4 Å². The molecule has 1 aromatic carbocycles. The third kappa shape index (κ3) is 2.61. The van der Waals surface area contributed by atoms with Crippen LogP contribution in [0.3, 0.4) is 0 Å². The van der Waals surface area contributed by atoms with Crippen LogP contribution in [0.5, 0.6) is 0 Å². The Bertz CT molecular complexity index is 666. The van der Waals surface area contributed by atoms with Crippen LogP contribution in [0.1, 0.15) is 49.5 Å². The van der Waals surface area contributed by atoms with Crippen molar-refractivity contribution in [2.45, 2.75) is 43.9 Å². The van der Waals surface area contributed by atoms with Gasteiger partial charge >= 0.3 is 0 Å². The van der Waals surface area contributed by atoms with Crippen molar-refractivity contribution in [3.63, 3.8) is 0 Å². The van der Waals surface area contributed by atoms with Crippen LogP contribution in [-0.2, 0) is 4.79 Å². The summed E-state index contributed by atoms with van der Waals surface area (Å²) in [5.74, 6) is 1.70. The van der Waals surface area contributed by atoms with Crippen LogP contribution < -0.4 is 0 Å². The van der Waals surface area contributed by atoms with Crippen LogP contribution >= 0.6 is 11.8 Å². The molecule has 5 heteroatoms. The van der Waals surface area contributed by atoms with Gasteiger partial charge in [-0.2, -0.15) is 0 Å². The molecule has 4 saturated carbocycles. The van der Waals surface area contributed by atoms with Gasteiger partial charge in [-0.05, 0) is 73.8 Å². The average Bonchev–Trinajstić information content (AvgIpc) is 2.87. The monoisotopic (exact) mass is 363 g/mol. The van der Waals surface area contributed by atoms with E-state index in [2.05, 4.69) is 0 Å². The molecule has 0 N–H and O–H groups in total. The van der Waals surface area contributed by atoms with E-state index in [9.17, 15) is 13.6 Å². The summed E-state index contributed by atoms with van der Waals surface area (Å²) in [6.45, 7) is 0.681. The predicted molar refractivity (Wildman–Crippen MR) is 93.9 cm³/mol. The highest BCUT2D eigenvalue weighted by Gasteiger charge is 2.53. The van der Waals surface area contributed by atoms with Gasteiger partial charge in [0.1, 0.15) is 17.0 Å². The van der Waals surface area contributed by atoms with Gasteiger partial charge in [-0.15, -0.1) is 11.8 Å². The van der Waals surface area contributed by atoms with Gasteiger partial charge in [-0.25, -0.2) is 8.78 Å². The highest BCUT2D eigenvalue weighted by Crippen LogP contribution is 2.61. The van der Waals surface area contributed by atoms with Crippen molar-refractivity contribution >= 4 is 17.7 Å². The summed E-state index contributed by atoms with van der Waals surface area (Å²) < 4.78 is 28.6. The van der Waals surface area contributed by atoms with Gasteiger partial charge in [0.15, 0.2) is 0 Å². The maximum atomic E-state index is 14.3. The van der Waals surface area contributed by atoms with Crippen LogP contribution in [0.25, 0.3) is 0 Å². The summed E-state index contributed by atoms with van der Waals surface area (Å²) in [7, 11) is 0. The number of carbonyl (C=O) groups excluding carboxylic acids is 1. The first-order chi connectivity index (χ1) is 12.0. The van der Waals surface area contributed by atoms with E-state index in [1.807, 2.05) is 0 Å². The fraction of sp³-hybridized carbons (Fsp3) is 0.650. The van der Waals surface area contributed by atoms with Gasteiger partial charge in [0.25, 0.3) is 0 Å². The second-order valence-corrected chi connectivity index (χ2v) is 9.81. The van der Waals surface area contributed by atoms with Crippen LogP contribution in [-0.4, -0.2) is 23.1 Å². The second-order valence-electron chi connectivity index (χ2n) is 8.74. The molecule has 4 aliphatic carbocycles. The molecule has 5 aliphatic rings. The van der Waals surface area contributed by atoms with Crippen LogP contribution in [0.2, 0.25) is 0 Å². The largest absolute Gasteiger partial charge is 0.325 e. The molecule has 0 spiro atoms. The minimum absolute atomic E-state index is 0.0356. The highest BCUT2D eigenvalue weighted by molar-refractivity contribution is 8.00. The van der Waals surface area contributed by atoms with E-state index in [0.29, 0.717) is 12.3 Å². The van der Waals surface area contributed by atoms with Crippen molar-refractivity contribution in [2.24, 2.45) is 23.2 Å². The van der Waals surface area contributed by atoms with Gasteiger partial charge in [0.2, 0.25) is 5.91 Å². The van der Waals surface area contributed by atoms with Crippen LogP contribution in [0.4, 0.5) is 8.78 Å². The predicted octanol–water partition coefficient (Wildman–Crippen LogP) is 4.76. The van der Waals surface area contributed by atoms with Gasteiger partial charge < -0.3 is 4.90 Å². The van der Waals surface area contributed by atoms with Crippen molar-refractivity contribution in [1.82, 2.24) is 4.90 Å². The Hall–Kier alpha value is -1.10. The summed E-state index contributed by atoms with van der Waals surface area (Å²) in [6, 6.07) is 3.98. The molecule has 25 heavy (non-hydrogen) atoms. The van der Waals surface area contributed by atoms with E-state index >= 15 is 0 Å². The summed E-state index contributed by atoms with van der Waals surface area (Å²) in [4.78, 5) is 14.4. The minimum Gasteiger partial charge on any atom is -0.325 e. The number of amides is 1. The lowest BCUT2D eigenvalue weighted by atomic mass is 9.49. The number of nitrogens with zero attached hydrogens (tertiary/aromatic N) is 1. The molecule has 1 aromatic rings. The molecular weight excluding hydrogens is 340 g/mol. The molecule has 5 fully saturated rings. The Balaban J connectivity index is 1.45. The van der Waals surface area contributed by atoms with E-state index in [0.717, 1.165) is 17.8 Å². The zero-order valence-electron chi connectivity index (χ0n) is 14.2. The SMILES string of the molecule is O=C1CSC(c2c(F)cccc2F)N1CC12CC3CC(CC(C3)C1)C2. The fourth-order valence-corrected chi connectivity index (χ4v) is 7.69. The first-order valence-electron chi connectivity index (χ1n) is 9.38. The number of rotatable bonds is 3. The Kier molecular flexibility index (Phi) is 3.67. The average molecular weight is 363 g/mol. The third-order valence-corrected chi connectivity index (χ3v) is 8.11. The molecule has 1 atom stereocenters. The molecule has 4 bridgehead atoms. The third-order valence-electron chi connectivity index (χ3n) is 6.89. The molecule has 134 valence electrons. The van der Waals surface area contributed by atoms with E-state index in [1.54, 1.807) is 4.90 Å². The standard InChI is InChI=1S/C20H23F2NOS/c21-15-2-1-3-16(22)18(15)19-23(17(24)10-25-19)11-20-7-12-4-13(8-20)6-14(5-12)9-20/h1-3,12-14,19H,4-11H2. The van der Waals surface area contributed by atoms with Gasteiger partial charge in [-0.3, -0.25) is 4.79 Å². The summed E-state index contributed by atoms with van der Waals surface area (Å²) in [5.41, 5.74) is 0.248. The summed E-state index contributed by atoms with van der Waals surface area (Å²) in [6.07, 6.45) is 7.65. The summed E-state index contributed by atoms with van der Waals surface area (Å²) in [5, 5.41) is -0.512. The van der Waals surface area contributed by atoms with Crippen LogP contribution in [0, 0.1) is 34.8 Å². The lowest BCUT2D eigenvalue weighted by Crippen LogP contribution is -2.51. The second kappa shape index (κ2) is 5.70. The van der Waals surface area contributed by atoms with E-state index in [4.69, 9.17) is 0 Å². The lowest BCUT2D eigenvalue weighted by molar-refractivity contribution is -0.134. The molecule has 1 unspecified atom stereocenters. The number of thioether (sulfide) groups is 1. The molecule has 6 rings (SSSR count). The summed E-state index contributed by atoms with van der Waals surface area (Å²) >= 11 is 1.36. The quantitative estimate of drug-likeness (QED) is 0.772. The van der Waals surface area contributed by atoms with E-state index in [-0.39, 0.29) is 16.9 Å². The first kappa shape index (κ1) is 16.1. The number of halogens is 2. The Morgan fingerprint density at radius 1 is 1.04 bits per heavy atom. The molecule has 1 heterocycles. The number of hydrogen-bond donors (Lipinski definition) is 0. The minimum atomic E-state index is -0.539. The molecule has 1 aliphatic heterocycles. The molecule has 1 amide bonds. The van der Waals surface area contributed by atoms with Gasteiger partial charge in [0.05, 0.1) is 11.3 Å². The zero-order chi connectivity index (χ0) is 17.2.